The number of carbonyl (C=O) groups is 2. The SMILES string of the molecule is COC(=O)c1ccc(NC(=O)C(CC2CCCCC2)n2cnc3c(C(F)(F)F)cccc3c2=O)nc1. The molecule has 1 atom stereocenters. The van der Waals surface area contributed by atoms with Crippen molar-refractivity contribution < 1.29 is 27.5 Å². The van der Waals surface area contributed by atoms with Crippen LogP contribution in [0.3, 0.4) is 0 Å². The zero-order valence-electron chi connectivity index (χ0n) is 19.5. The van der Waals surface area contributed by atoms with Gasteiger partial charge in [-0.3, -0.25) is 14.2 Å². The number of pyridine rings is 1. The van der Waals surface area contributed by atoms with Crippen molar-refractivity contribution >= 4 is 28.6 Å². The number of hydrogen-bond acceptors (Lipinski definition) is 6. The number of carbonyl (C=O) groups excluding carboxylic acids is 2. The van der Waals surface area contributed by atoms with E-state index in [2.05, 4.69) is 20.0 Å². The fraction of sp³-hybridized carbons (Fsp3) is 0.400. The molecule has 4 rings (SSSR count). The number of rotatable bonds is 6. The summed E-state index contributed by atoms with van der Waals surface area (Å²) >= 11 is 0. The minimum atomic E-state index is -4.67. The van der Waals surface area contributed by atoms with Crippen LogP contribution >= 0.6 is 0 Å². The molecule has 0 saturated heterocycles. The predicted octanol–water partition coefficient (Wildman–Crippen LogP) is 4.75. The first-order valence-corrected chi connectivity index (χ1v) is 11.6. The molecule has 1 saturated carbocycles. The van der Waals surface area contributed by atoms with Crippen molar-refractivity contribution in [1.29, 1.82) is 0 Å². The van der Waals surface area contributed by atoms with E-state index in [9.17, 15) is 27.6 Å². The maximum absolute atomic E-state index is 13.4. The van der Waals surface area contributed by atoms with Crippen LogP contribution in [0.1, 0.15) is 60.5 Å². The van der Waals surface area contributed by atoms with Gasteiger partial charge >= 0.3 is 12.1 Å². The Kier molecular flexibility index (Phi) is 7.37. The average Bonchev–Trinajstić information content (AvgIpc) is 2.87. The zero-order chi connectivity index (χ0) is 25.9. The van der Waals surface area contributed by atoms with E-state index in [-0.39, 0.29) is 22.7 Å². The predicted molar refractivity (Wildman–Crippen MR) is 125 cm³/mol. The Bertz CT molecular complexity index is 1320. The first-order valence-electron chi connectivity index (χ1n) is 11.6. The third kappa shape index (κ3) is 5.39. The molecule has 11 heteroatoms. The number of benzene rings is 1. The normalized spacial score (nSPS) is 15.4. The van der Waals surface area contributed by atoms with Crippen LogP contribution in [0.5, 0.6) is 0 Å². The number of amides is 1. The largest absolute Gasteiger partial charge is 0.465 e. The van der Waals surface area contributed by atoms with Gasteiger partial charge in [0.15, 0.2) is 0 Å². The Hall–Kier alpha value is -3.76. The average molecular weight is 502 g/mol. The molecule has 2 heterocycles. The minimum absolute atomic E-state index is 0.155. The van der Waals surface area contributed by atoms with Crippen LogP contribution in [0.25, 0.3) is 10.9 Å². The molecular formula is C25H25F3N4O4. The van der Waals surface area contributed by atoms with Crippen LogP contribution in [-0.4, -0.2) is 33.5 Å². The van der Waals surface area contributed by atoms with E-state index in [4.69, 9.17) is 0 Å². The molecule has 1 fully saturated rings. The highest BCUT2D eigenvalue weighted by molar-refractivity contribution is 5.94. The lowest BCUT2D eigenvalue weighted by Gasteiger charge is -2.27. The highest BCUT2D eigenvalue weighted by atomic mass is 19.4. The summed E-state index contributed by atoms with van der Waals surface area (Å²) in [6, 6.07) is 5.16. The summed E-state index contributed by atoms with van der Waals surface area (Å²) in [6.07, 6.45) is 2.82. The second kappa shape index (κ2) is 10.5. The van der Waals surface area contributed by atoms with E-state index in [1.807, 2.05) is 0 Å². The number of methoxy groups -OCH3 is 1. The van der Waals surface area contributed by atoms with Gasteiger partial charge in [-0.25, -0.2) is 14.8 Å². The van der Waals surface area contributed by atoms with Crippen LogP contribution in [0.15, 0.2) is 47.7 Å². The number of nitrogens with one attached hydrogen (secondary N) is 1. The van der Waals surface area contributed by atoms with Gasteiger partial charge in [0.05, 0.1) is 35.5 Å². The molecule has 2 aromatic heterocycles. The lowest BCUT2D eigenvalue weighted by Crippen LogP contribution is -2.35. The Morgan fingerprint density at radius 2 is 1.89 bits per heavy atom. The molecule has 1 aromatic carbocycles. The van der Waals surface area contributed by atoms with Crippen molar-refractivity contribution in [2.45, 2.75) is 50.7 Å². The van der Waals surface area contributed by atoms with Crippen molar-refractivity contribution in [1.82, 2.24) is 14.5 Å². The number of para-hydroxylation sites is 1. The van der Waals surface area contributed by atoms with E-state index in [0.717, 1.165) is 55.1 Å². The summed E-state index contributed by atoms with van der Waals surface area (Å²) < 4.78 is 46.1. The fourth-order valence-electron chi connectivity index (χ4n) is 4.62. The number of hydrogen-bond donors (Lipinski definition) is 1. The first-order chi connectivity index (χ1) is 17.2. The lowest BCUT2D eigenvalue weighted by atomic mass is 9.84. The quantitative estimate of drug-likeness (QED) is 0.488. The lowest BCUT2D eigenvalue weighted by molar-refractivity contribution is -0.136. The number of fused-ring (bicyclic) bond motifs is 1. The Labute approximate surface area is 204 Å². The molecule has 1 N–H and O–H groups in total. The van der Waals surface area contributed by atoms with Gasteiger partial charge in [0.1, 0.15) is 11.9 Å². The van der Waals surface area contributed by atoms with Gasteiger partial charge in [-0.1, -0.05) is 38.2 Å². The Balaban J connectivity index is 1.70. The van der Waals surface area contributed by atoms with Crippen molar-refractivity contribution in [2.24, 2.45) is 5.92 Å². The van der Waals surface area contributed by atoms with E-state index < -0.39 is 40.7 Å². The maximum Gasteiger partial charge on any atom is 0.418 e. The molecular weight excluding hydrogens is 477 g/mol. The molecule has 190 valence electrons. The summed E-state index contributed by atoms with van der Waals surface area (Å²) in [5.41, 5.74) is -1.99. The van der Waals surface area contributed by atoms with E-state index in [0.29, 0.717) is 6.42 Å². The zero-order valence-corrected chi connectivity index (χ0v) is 19.5. The number of esters is 1. The molecule has 8 nitrogen and oxygen atoms in total. The van der Waals surface area contributed by atoms with Crippen LogP contribution in [0, 0.1) is 5.92 Å². The minimum Gasteiger partial charge on any atom is -0.465 e. The summed E-state index contributed by atoms with van der Waals surface area (Å²) in [5, 5.41) is 2.44. The van der Waals surface area contributed by atoms with Gasteiger partial charge in [-0.05, 0) is 36.6 Å². The van der Waals surface area contributed by atoms with Crippen molar-refractivity contribution in [2.75, 3.05) is 12.4 Å². The van der Waals surface area contributed by atoms with Gasteiger partial charge in [0.2, 0.25) is 5.91 Å². The number of ether oxygens (including phenoxy) is 1. The molecule has 0 radical (unpaired) electrons. The molecule has 3 aromatic rings. The van der Waals surface area contributed by atoms with E-state index >= 15 is 0 Å². The second-order valence-electron chi connectivity index (χ2n) is 8.82. The molecule has 0 bridgehead atoms. The van der Waals surface area contributed by atoms with Crippen LogP contribution in [0.4, 0.5) is 19.0 Å². The first kappa shape index (κ1) is 25.3. The van der Waals surface area contributed by atoms with Crippen molar-refractivity contribution in [3.63, 3.8) is 0 Å². The standard InChI is InChI=1S/C25H25F3N4O4/c1-36-24(35)16-10-11-20(29-13-16)31-22(33)19(12-15-6-3-2-4-7-15)32-14-30-21-17(23(32)34)8-5-9-18(21)25(26,27)28/h5,8-11,13-15,19H,2-4,6-7,12H2,1H3,(H,29,31,33). The second-order valence-corrected chi connectivity index (χ2v) is 8.82. The van der Waals surface area contributed by atoms with Crippen molar-refractivity contribution in [3.05, 3.63) is 64.3 Å². The third-order valence-corrected chi connectivity index (χ3v) is 6.47. The molecule has 0 spiro atoms. The molecule has 0 aliphatic heterocycles. The molecule has 1 aliphatic rings. The molecule has 1 unspecified atom stereocenters. The van der Waals surface area contributed by atoms with Crippen LogP contribution in [-0.2, 0) is 15.7 Å². The monoisotopic (exact) mass is 502 g/mol. The number of nitrogens with zero attached hydrogens (tertiary/aromatic N) is 3. The van der Waals surface area contributed by atoms with Gasteiger partial charge in [-0.2, -0.15) is 13.2 Å². The smallest absolute Gasteiger partial charge is 0.418 e. The van der Waals surface area contributed by atoms with Gasteiger partial charge in [-0.15, -0.1) is 0 Å². The number of aromatic nitrogens is 3. The van der Waals surface area contributed by atoms with Crippen LogP contribution in [0.2, 0.25) is 0 Å². The summed E-state index contributed by atoms with van der Waals surface area (Å²) in [4.78, 5) is 46.3. The summed E-state index contributed by atoms with van der Waals surface area (Å²) in [6.45, 7) is 0. The van der Waals surface area contributed by atoms with E-state index in [1.165, 1.54) is 31.5 Å². The maximum atomic E-state index is 13.4. The fourth-order valence-corrected chi connectivity index (χ4v) is 4.62. The van der Waals surface area contributed by atoms with E-state index in [1.54, 1.807) is 0 Å². The topological polar surface area (TPSA) is 103 Å². The highest BCUT2D eigenvalue weighted by Gasteiger charge is 2.34. The molecule has 36 heavy (non-hydrogen) atoms. The third-order valence-electron chi connectivity index (χ3n) is 6.47. The van der Waals surface area contributed by atoms with Gasteiger partial charge in [0, 0.05) is 6.20 Å². The van der Waals surface area contributed by atoms with Gasteiger partial charge in [0.25, 0.3) is 5.56 Å². The van der Waals surface area contributed by atoms with Crippen LogP contribution < -0.4 is 10.9 Å². The summed E-state index contributed by atoms with van der Waals surface area (Å²) in [5.74, 6) is -0.799. The number of halogens is 3. The molecule has 1 amide bonds. The Morgan fingerprint density at radius 3 is 2.53 bits per heavy atom. The van der Waals surface area contributed by atoms with Crippen molar-refractivity contribution in [3.8, 4) is 0 Å². The number of alkyl halides is 3. The summed E-state index contributed by atoms with van der Waals surface area (Å²) in [7, 11) is 1.24. The number of anilines is 1. The highest BCUT2D eigenvalue weighted by Crippen LogP contribution is 2.34. The molecule has 1 aliphatic carbocycles. The Morgan fingerprint density at radius 1 is 1.14 bits per heavy atom. The van der Waals surface area contributed by atoms with Gasteiger partial charge < -0.3 is 10.1 Å².